The molecule has 1 amide bonds. The number of nitrogens with zero attached hydrogens (tertiary/aromatic N) is 1. The highest BCUT2D eigenvalue weighted by molar-refractivity contribution is 6.31. The van der Waals surface area contributed by atoms with Crippen LogP contribution >= 0.6 is 11.6 Å². The first-order chi connectivity index (χ1) is 15.2. The molecule has 0 aliphatic heterocycles. The Kier molecular flexibility index (Phi) is 7.82. The number of hydrogen-bond acceptors (Lipinski definition) is 6. The minimum atomic E-state index is -0.501. The first-order valence-corrected chi connectivity index (χ1v) is 11.5. The maximum Gasteiger partial charge on any atom is 0.407 e. The van der Waals surface area contributed by atoms with Crippen molar-refractivity contribution >= 4 is 40.3 Å². The van der Waals surface area contributed by atoms with E-state index in [-0.39, 0.29) is 12.1 Å². The summed E-state index contributed by atoms with van der Waals surface area (Å²) in [7, 11) is 0. The number of alkyl carbamates (subject to hydrolysis) is 1. The zero-order chi connectivity index (χ0) is 23.3. The van der Waals surface area contributed by atoms with E-state index in [1.54, 1.807) is 19.2 Å². The van der Waals surface area contributed by atoms with E-state index in [4.69, 9.17) is 21.1 Å². The van der Waals surface area contributed by atoms with Gasteiger partial charge in [0.1, 0.15) is 11.2 Å². The minimum absolute atomic E-state index is 0.200. The highest BCUT2D eigenvalue weighted by Gasteiger charge is 2.25. The second-order valence-corrected chi connectivity index (χ2v) is 9.61. The van der Waals surface area contributed by atoms with Gasteiger partial charge in [0.15, 0.2) is 0 Å². The number of carbonyl (C=O) groups is 2. The van der Waals surface area contributed by atoms with Gasteiger partial charge in [0.05, 0.1) is 17.8 Å². The van der Waals surface area contributed by atoms with E-state index < -0.39 is 11.6 Å². The lowest BCUT2D eigenvalue weighted by atomic mass is 9.85. The second-order valence-electron chi connectivity index (χ2n) is 9.17. The van der Waals surface area contributed by atoms with Gasteiger partial charge < -0.3 is 20.1 Å². The fourth-order valence-electron chi connectivity index (χ4n) is 3.94. The van der Waals surface area contributed by atoms with Gasteiger partial charge in [0.25, 0.3) is 0 Å². The van der Waals surface area contributed by atoms with Crippen LogP contribution < -0.4 is 10.6 Å². The van der Waals surface area contributed by atoms with Crippen LogP contribution in [0.15, 0.2) is 24.4 Å². The Morgan fingerprint density at radius 2 is 1.91 bits per heavy atom. The molecule has 7 nitrogen and oxygen atoms in total. The highest BCUT2D eigenvalue weighted by atomic mass is 35.5. The van der Waals surface area contributed by atoms with Crippen molar-refractivity contribution in [3.8, 4) is 0 Å². The minimum Gasteiger partial charge on any atom is -0.462 e. The number of pyridine rings is 1. The molecule has 0 radical (unpaired) electrons. The van der Waals surface area contributed by atoms with Gasteiger partial charge >= 0.3 is 12.1 Å². The van der Waals surface area contributed by atoms with E-state index in [0.717, 1.165) is 36.6 Å². The number of fused-ring (bicyclic) bond motifs is 1. The number of esters is 1. The normalized spacial score (nSPS) is 18.8. The fourth-order valence-corrected chi connectivity index (χ4v) is 4.11. The van der Waals surface area contributed by atoms with Crippen LogP contribution in [0.1, 0.15) is 63.7 Å². The first kappa shape index (κ1) is 24.1. The number of anilines is 1. The molecule has 1 fully saturated rings. The quantitative estimate of drug-likeness (QED) is 0.547. The van der Waals surface area contributed by atoms with Crippen LogP contribution in [-0.4, -0.2) is 41.8 Å². The van der Waals surface area contributed by atoms with Crippen LogP contribution in [0.4, 0.5) is 10.5 Å². The second kappa shape index (κ2) is 10.4. The maximum atomic E-state index is 12.5. The summed E-state index contributed by atoms with van der Waals surface area (Å²) in [6.45, 7) is 8.23. The van der Waals surface area contributed by atoms with Crippen LogP contribution in [0, 0.1) is 5.92 Å². The summed E-state index contributed by atoms with van der Waals surface area (Å²) in [6, 6.07) is 5.65. The molecule has 1 aromatic heterocycles. The van der Waals surface area contributed by atoms with Crippen molar-refractivity contribution in [3.05, 3.63) is 35.0 Å². The SMILES string of the molecule is CCOC(=O)c1cnc2ccc(Cl)cc2c1NC1CCC(CNC(=O)OC(C)(C)C)CC1. The van der Waals surface area contributed by atoms with Gasteiger partial charge in [-0.2, -0.15) is 0 Å². The molecule has 1 aliphatic carbocycles. The van der Waals surface area contributed by atoms with Crippen molar-refractivity contribution < 1.29 is 19.1 Å². The summed E-state index contributed by atoms with van der Waals surface area (Å²) in [5.41, 5.74) is 1.39. The number of hydrogen-bond donors (Lipinski definition) is 2. The standard InChI is InChI=1S/C24H32ClN3O4/c1-5-31-22(29)19-14-26-20-11-8-16(25)12-18(20)21(19)28-17-9-6-15(7-10-17)13-27-23(30)32-24(2,3)4/h8,11-12,14-15,17H,5-7,9-10,13H2,1-4H3,(H,26,28)(H,27,30). The Morgan fingerprint density at radius 3 is 2.56 bits per heavy atom. The molecule has 1 aromatic carbocycles. The largest absolute Gasteiger partial charge is 0.462 e. The molecule has 0 spiro atoms. The molecule has 0 bridgehead atoms. The Hall–Kier alpha value is -2.54. The van der Waals surface area contributed by atoms with Crippen LogP contribution in [0.5, 0.6) is 0 Å². The third kappa shape index (κ3) is 6.48. The van der Waals surface area contributed by atoms with E-state index >= 15 is 0 Å². The lowest BCUT2D eigenvalue weighted by Gasteiger charge is -2.31. The number of nitrogens with one attached hydrogen (secondary N) is 2. The summed E-state index contributed by atoms with van der Waals surface area (Å²) in [4.78, 5) is 28.9. The molecule has 2 N–H and O–H groups in total. The Morgan fingerprint density at radius 1 is 1.19 bits per heavy atom. The van der Waals surface area contributed by atoms with Crippen molar-refractivity contribution in [1.82, 2.24) is 10.3 Å². The number of benzene rings is 1. The fraction of sp³-hybridized carbons (Fsp3) is 0.542. The van der Waals surface area contributed by atoms with E-state index in [0.29, 0.717) is 35.3 Å². The molecule has 1 aliphatic rings. The molecule has 0 atom stereocenters. The summed E-state index contributed by atoms with van der Waals surface area (Å²) in [5.74, 6) is -0.00616. The Bertz CT molecular complexity index is 966. The van der Waals surface area contributed by atoms with Crippen LogP contribution in [0.25, 0.3) is 10.9 Å². The average molecular weight is 462 g/mol. The van der Waals surface area contributed by atoms with Gasteiger partial charge in [-0.15, -0.1) is 0 Å². The number of carbonyl (C=O) groups excluding carboxylic acids is 2. The van der Waals surface area contributed by atoms with Gasteiger partial charge in [-0.3, -0.25) is 4.98 Å². The third-order valence-corrected chi connectivity index (χ3v) is 5.69. The molecule has 0 saturated heterocycles. The summed E-state index contributed by atoms with van der Waals surface area (Å²) >= 11 is 6.23. The lowest BCUT2D eigenvalue weighted by molar-refractivity contribution is 0.0510. The van der Waals surface area contributed by atoms with Crippen molar-refractivity contribution in [2.75, 3.05) is 18.5 Å². The molecule has 8 heteroatoms. The topological polar surface area (TPSA) is 89.5 Å². The number of amides is 1. The van der Waals surface area contributed by atoms with Gasteiger partial charge in [-0.05, 0) is 77.5 Å². The smallest absolute Gasteiger partial charge is 0.407 e. The van der Waals surface area contributed by atoms with Crippen molar-refractivity contribution in [1.29, 1.82) is 0 Å². The molecule has 2 aromatic rings. The van der Waals surface area contributed by atoms with E-state index in [9.17, 15) is 9.59 Å². The zero-order valence-corrected chi connectivity index (χ0v) is 19.9. The molecule has 0 unspecified atom stereocenters. The average Bonchev–Trinajstić information content (AvgIpc) is 2.72. The molecule has 1 heterocycles. The van der Waals surface area contributed by atoms with Crippen LogP contribution in [-0.2, 0) is 9.47 Å². The first-order valence-electron chi connectivity index (χ1n) is 11.1. The predicted octanol–water partition coefficient (Wildman–Crippen LogP) is 5.56. The molecular weight excluding hydrogens is 430 g/mol. The molecule has 1 saturated carbocycles. The maximum absolute atomic E-state index is 12.5. The number of ether oxygens (including phenoxy) is 2. The molecule has 174 valence electrons. The number of rotatable bonds is 6. The van der Waals surface area contributed by atoms with Gasteiger partial charge in [0, 0.05) is 29.2 Å². The third-order valence-electron chi connectivity index (χ3n) is 5.45. The molecular formula is C24H32ClN3O4. The lowest BCUT2D eigenvalue weighted by Crippen LogP contribution is -2.37. The van der Waals surface area contributed by atoms with Crippen molar-refractivity contribution in [2.24, 2.45) is 5.92 Å². The predicted molar refractivity (Wildman–Crippen MR) is 126 cm³/mol. The summed E-state index contributed by atoms with van der Waals surface area (Å²) in [5, 5.41) is 7.83. The van der Waals surface area contributed by atoms with E-state index in [2.05, 4.69) is 15.6 Å². The highest BCUT2D eigenvalue weighted by Crippen LogP contribution is 2.33. The van der Waals surface area contributed by atoms with Gasteiger partial charge in [-0.1, -0.05) is 11.6 Å². The van der Waals surface area contributed by atoms with Crippen LogP contribution in [0.3, 0.4) is 0 Å². The van der Waals surface area contributed by atoms with Gasteiger partial charge in [-0.25, -0.2) is 9.59 Å². The van der Waals surface area contributed by atoms with E-state index in [1.165, 1.54) is 0 Å². The molecule has 32 heavy (non-hydrogen) atoms. The number of aromatic nitrogens is 1. The van der Waals surface area contributed by atoms with E-state index in [1.807, 2.05) is 32.9 Å². The Balaban J connectivity index is 1.67. The summed E-state index contributed by atoms with van der Waals surface area (Å²) < 4.78 is 10.6. The Labute approximate surface area is 194 Å². The van der Waals surface area contributed by atoms with Gasteiger partial charge in [0.2, 0.25) is 0 Å². The summed E-state index contributed by atoms with van der Waals surface area (Å²) in [6.07, 6.45) is 4.96. The monoisotopic (exact) mass is 461 g/mol. The number of halogens is 1. The van der Waals surface area contributed by atoms with Crippen molar-refractivity contribution in [2.45, 2.75) is 65.0 Å². The zero-order valence-electron chi connectivity index (χ0n) is 19.2. The van der Waals surface area contributed by atoms with Crippen LogP contribution in [0.2, 0.25) is 5.02 Å². The van der Waals surface area contributed by atoms with Crippen molar-refractivity contribution in [3.63, 3.8) is 0 Å². The molecule has 3 rings (SSSR count).